The lowest BCUT2D eigenvalue weighted by molar-refractivity contribution is 0.242. The van der Waals surface area contributed by atoms with E-state index in [2.05, 4.69) is 4.98 Å². The minimum Gasteiger partial charge on any atom is -0.489 e. The zero-order valence-electron chi connectivity index (χ0n) is 10.9. The van der Waals surface area contributed by atoms with Crippen molar-refractivity contribution in [3.8, 4) is 17.0 Å². The number of aromatic nitrogens is 1. The summed E-state index contributed by atoms with van der Waals surface area (Å²) in [6, 6.07) is 10.4. The van der Waals surface area contributed by atoms with Gasteiger partial charge in [0.1, 0.15) is 11.4 Å². The number of alkyl halides is 1. The van der Waals surface area contributed by atoms with Crippen LogP contribution in [0.1, 0.15) is 19.4 Å². The molecule has 4 heteroatoms. The molecular formula is C15H15ClFNO. The van der Waals surface area contributed by atoms with Crippen LogP contribution in [0.3, 0.4) is 0 Å². The SMILES string of the molecule is CC(C)Oc1ccc(F)nc1-c1ccc(CCl)cc1. The molecule has 0 spiro atoms. The smallest absolute Gasteiger partial charge is 0.213 e. The maximum atomic E-state index is 13.3. The van der Waals surface area contributed by atoms with Crippen LogP contribution in [0.4, 0.5) is 4.39 Å². The second kappa shape index (κ2) is 6.02. The number of hydrogen-bond acceptors (Lipinski definition) is 2. The Morgan fingerprint density at radius 3 is 2.42 bits per heavy atom. The van der Waals surface area contributed by atoms with Gasteiger partial charge in [-0.3, -0.25) is 0 Å². The van der Waals surface area contributed by atoms with E-state index < -0.39 is 5.95 Å². The van der Waals surface area contributed by atoms with E-state index in [1.54, 1.807) is 6.07 Å². The van der Waals surface area contributed by atoms with Crippen molar-refractivity contribution in [1.29, 1.82) is 0 Å². The monoisotopic (exact) mass is 279 g/mol. The zero-order chi connectivity index (χ0) is 13.8. The average Bonchev–Trinajstić information content (AvgIpc) is 2.40. The zero-order valence-corrected chi connectivity index (χ0v) is 11.6. The molecule has 0 aliphatic carbocycles. The molecule has 1 aromatic carbocycles. The Balaban J connectivity index is 2.43. The van der Waals surface area contributed by atoms with Gasteiger partial charge in [-0.25, -0.2) is 4.98 Å². The van der Waals surface area contributed by atoms with Gasteiger partial charge in [-0.15, -0.1) is 11.6 Å². The first-order valence-electron chi connectivity index (χ1n) is 6.08. The van der Waals surface area contributed by atoms with Crippen LogP contribution in [-0.2, 0) is 5.88 Å². The normalized spacial score (nSPS) is 10.8. The summed E-state index contributed by atoms with van der Waals surface area (Å²) < 4.78 is 19.0. The van der Waals surface area contributed by atoms with Crippen LogP contribution in [0.2, 0.25) is 0 Å². The van der Waals surface area contributed by atoms with Crippen LogP contribution in [-0.4, -0.2) is 11.1 Å². The standard InChI is InChI=1S/C15H15ClFNO/c1-10(2)19-13-7-8-14(17)18-15(13)12-5-3-11(9-16)4-6-12/h3-8,10H,9H2,1-2H3. The molecule has 0 amide bonds. The van der Waals surface area contributed by atoms with Crippen LogP contribution >= 0.6 is 11.6 Å². The molecule has 100 valence electrons. The Bertz CT molecular complexity index is 555. The second-order valence-corrected chi connectivity index (χ2v) is 4.75. The van der Waals surface area contributed by atoms with Crippen molar-refractivity contribution in [2.75, 3.05) is 0 Å². The molecule has 0 saturated heterocycles. The van der Waals surface area contributed by atoms with Crippen LogP contribution in [0, 0.1) is 5.95 Å². The Kier molecular flexibility index (Phi) is 4.38. The molecule has 0 saturated carbocycles. The van der Waals surface area contributed by atoms with E-state index in [1.165, 1.54) is 6.07 Å². The summed E-state index contributed by atoms with van der Waals surface area (Å²) in [5, 5.41) is 0. The highest BCUT2D eigenvalue weighted by Gasteiger charge is 2.11. The summed E-state index contributed by atoms with van der Waals surface area (Å²) in [6.07, 6.45) is 0.00752. The first-order chi connectivity index (χ1) is 9.10. The fourth-order valence-corrected chi connectivity index (χ4v) is 1.91. The minimum atomic E-state index is -0.521. The third-order valence-corrected chi connectivity index (χ3v) is 2.88. The van der Waals surface area contributed by atoms with Gasteiger partial charge in [0.2, 0.25) is 5.95 Å². The third kappa shape index (κ3) is 3.44. The van der Waals surface area contributed by atoms with E-state index in [1.807, 2.05) is 38.1 Å². The highest BCUT2D eigenvalue weighted by atomic mass is 35.5. The highest BCUT2D eigenvalue weighted by Crippen LogP contribution is 2.29. The number of hydrogen-bond donors (Lipinski definition) is 0. The predicted molar refractivity (Wildman–Crippen MR) is 75.0 cm³/mol. The largest absolute Gasteiger partial charge is 0.489 e. The Hall–Kier alpha value is -1.61. The molecule has 2 aromatic rings. The first-order valence-corrected chi connectivity index (χ1v) is 6.62. The summed E-state index contributed by atoms with van der Waals surface area (Å²) in [7, 11) is 0. The topological polar surface area (TPSA) is 22.1 Å². The number of ether oxygens (including phenoxy) is 1. The van der Waals surface area contributed by atoms with Gasteiger partial charge in [0, 0.05) is 11.4 Å². The Morgan fingerprint density at radius 1 is 1.16 bits per heavy atom. The molecular weight excluding hydrogens is 265 g/mol. The number of nitrogens with zero attached hydrogens (tertiary/aromatic N) is 1. The molecule has 0 bridgehead atoms. The van der Waals surface area contributed by atoms with E-state index in [9.17, 15) is 4.39 Å². The number of pyridine rings is 1. The van der Waals surface area contributed by atoms with E-state index >= 15 is 0 Å². The van der Waals surface area contributed by atoms with Gasteiger partial charge in [-0.05, 0) is 31.5 Å². The van der Waals surface area contributed by atoms with Crippen molar-refractivity contribution in [2.45, 2.75) is 25.8 Å². The average molecular weight is 280 g/mol. The molecule has 0 radical (unpaired) electrons. The molecule has 0 atom stereocenters. The summed E-state index contributed by atoms with van der Waals surface area (Å²) in [6.45, 7) is 3.84. The van der Waals surface area contributed by atoms with Gasteiger partial charge >= 0.3 is 0 Å². The molecule has 0 aliphatic heterocycles. The van der Waals surface area contributed by atoms with Gasteiger partial charge in [0.15, 0.2) is 0 Å². The van der Waals surface area contributed by atoms with E-state index in [-0.39, 0.29) is 6.10 Å². The summed E-state index contributed by atoms with van der Waals surface area (Å²) in [5.74, 6) is 0.509. The molecule has 0 aliphatic rings. The van der Waals surface area contributed by atoms with Crippen molar-refractivity contribution >= 4 is 11.6 Å². The van der Waals surface area contributed by atoms with E-state index in [0.29, 0.717) is 17.3 Å². The highest BCUT2D eigenvalue weighted by molar-refractivity contribution is 6.17. The Morgan fingerprint density at radius 2 is 1.84 bits per heavy atom. The lowest BCUT2D eigenvalue weighted by atomic mass is 10.1. The quantitative estimate of drug-likeness (QED) is 0.611. The summed E-state index contributed by atoms with van der Waals surface area (Å²) in [4.78, 5) is 3.93. The number of halogens is 2. The maximum absolute atomic E-state index is 13.3. The van der Waals surface area contributed by atoms with Gasteiger partial charge < -0.3 is 4.74 Å². The van der Waals surface area contributed by atoms with Crippen LogP contribution in [0.5, 0.6) is 5.75 Å². The fourth-order valence-electron chi connectivity index (χ4n) is 1.73. The first kappa shape index (κ1) is 13.8. The molecule has 1 aromatic heterocycles. The van der Waals surface area contributed by atoms with Gasteiger partial charge in [-0.2, -0.15) is 4.39 Å². The van der Waals surface area contributed by atoms with E-state index in [4.69, 9.17) is 16.3 Å². The van der Waals surface area contributed by atoms with Crippen molar-refractivity contribution in [1.82, 2.24) is 4.98 Å². The molecule has 1 heterocycles. The molecule has 0 N–H and O–H groups in total. The summed E-state index contributed by atoms with van der Waals surface area (Å²) in [5.41, 5.74) is 2.33. The van der Waals surface area contributed by atoms with Crippen molar-refractivity contribution in [2.24, 2.45) is 0 Å². The maximum Gasteiger partial charge on any atom is 0.213 e. The molecule has 2 rings (SSSR count). The molecule has 0 fully saturated rings. The lowest BCUT2D eigenvalue weighted by Crippen LogP contribution is -2.07. The number of benzene rings is 1. The van der Waals surface area contributed by atoms with Crippen molar-refractivity contribution in [3.05, 3.63) is 47.9 Å². The van der Waals surface area contributed by atoms with Gasteiger partial charge in [-0.1, -0.05) is 24.3 Å². The number of rotatable bonds is 4. The van der Waals surface area contributed by atoms with Gasteiger partial charge in [0.05, 0.1) is 6.10 Å². The van der Waals surface area contributed by atoms with Crippen LogP contribution < -0.4 is 4.74 Å². The fraction of sp³-hybridized carbons (Fsp3) is 0.267. The van der Waals surface area contributed by atoms with E-state index in [0.717, 1.165) is 11.1 Å². The van der Waals surface area contributed by atoms with Crippen LogP contribution in [0.25, 0.3) is 11.3 Å². The lowest BCUT2D eigenvalue weighted by Gasteiger charge is -2.13. The molecule has 0 unspecified atom stereocenters. The minimum absolute atomic E-state index is 0.00752. The summed E-state index contributed by atoms with van der Waals surface area (Å²) >= 11 is 5.75. The molecule has 19 heavy (non-hydrogen) atoms. The second-order valence-electron chi connectivity index (χ2n) is 4.48. The van der Waals surface area contributed by atoms with Crippen molar-refractivity contribution < 1.29 is 9.13 Å². The Labute approximate surface area is 117 Å². The molecule has 2 nitrogen and oxygen atoms in total. The third-order valence-electron chi connectivity index (χ3n) is 2.57. The van der Waals surface area contributed by atoms with Gasteiger partial charge in [0.25, 0.3) is 0 Å². The van der Waals surface area contributed by atoms with Crippen molar-refractivity contribution in [3.63, 3.8) is 0 Å². The predicted octanol–water partition coefficient (Wildman–Crippen LogP) is 4.41. The van der Waals surface area contributed by atoms with Crippen LogP contribution in [0.15, 0.2) is 36.4 Å².